The standard InChI is InChI=1S/C10H15NO4/c1-3-9(13)15-7-10(4-2)6-14-8(5-12)11-10/h3,5,8,11H,1,4,6-7H2,2H3. The van der Waals surface area contributed by atoms with Gasteiger partial charge in [-0.1, -0.05) is 13.5 Å². The molecular weight excluding hydrogens is 198 g/mol. The van der Waals surface area contributed by atoms with Gasteiger partial charge in [-0.05, 0) is 6.42 Å². The van der Waals surface area contributed by atoms with Gasteiger partial charge in [-0.3, -0.25) is 10.1 Å². The number of nitrogens with one attached hydrogen (secondary N) is 1. The van der Waals surface area contributed by atoms with Gasteiger partial charge in [-0.2, -0.15) is 0 Å². The zero-order valence-corrected chi connectivity index (χ0v) is 8.69. The summed E-state index contributed by atoms with van der Waals surface area (Å²) in [6, 6.07) is 0. The van der Waals surface area contributed by atoms with Gasteiger partial charge < -0.3 is 9.47 Å². The van der Waals surface area contributed by atoms with E-state index in [1.54, 1.807) is 0 Å². The predicted molar refractivity (Wildman–Crippen MR) is 53.1 cm³/mol. The Morgan fingerprint density at radius 1 is 1.80 bits per heavy atom. The molecular formula is C10H15NO4. The van der Waals surface area contributed by atoms with Gasteiger partial charge in [0.25, 0.3) is 0 Å². The molecule has 0 aliphatic carbocycles. The van der Waals surface area contributed by atoms with E-state index in [0.29, 0.717) is 19.3 Å². The molecule has 1 rings (SSSR count). The fourth-order valence-corrected chi connectivity index (χ4v) is 1.37. The minimum Gasteiger partial charge on any atom is -0.460 e. The highest BCUT2D eigenvalue weighted by molar-refractivity contribution is 5.81. The first-order valence-corrected chi connectivity index (χ1v) is 4.79. The Morgan fingerprint density at radius 3 is 3.00 bits per heavy atom. The quantitative estimate of drug-likeness (QED) is 0.396. The number of aldehydes is 1. The molecule has 0 aromatic rings. The van der Waals surface area contributed by atoms with Crippen LogP contribution in [-0.2, 0) is 19.1 Å². The molecule has 0 aromatic heterocycles. The number of carbonyl (C=O) groups is 2. The molecule has 0 saturated carbocycles. The van der Waals surface area contributed by atoms with Crippen molar-refractivity contribution in [2.24, 2.45) is 0 Å². The van der Waals surface area contributed by atoms with Crippen molar-refractivity contribution < 1.29 is 19.1 Å². The van der Waals surface area contributed by atoms with Crippen molar-refractivity contribution in [2.45, 2.75) is 25.1 Å². The number of esters is 1. The zero-order chi connectivity index (χ0) is 11.3. The average Bonchev–Trinajstić information content (AvgIpc) is 2.70. The van der Waals surface area contributed by atoms with Crippen molar-refractivity contribution in [3.8, 4) is 0 Å². The molecule has 0 radical (unpaired) electrons. The molecule has 2 atom stereocenters. The van der Waals surface area contributed by atoms with Crippen molar-refractivity contribution in [1.82, 2.24) is 5.32 Å². The SMILES string of the molecule is C=CC(=O)OCC1(CC)COC(C=O)N1. The van der Waals surface area contributed by atoms with Crippen molar-refractivity contribution in [3.63, 3.8) is 0 Å². The largest absolute Gasteiger partial charge is 0.460 e. The molecule has 1 aliphatic rings. The second-order valence-corrected chi connectivity index (χ2v) is 3.46. The Balaban J connectivity index is 2.51. The van der Waals surface area contributed by atoms with E-state index in [2.05, 4.69) is 11.9 Å². The third-order valence-corrected chi connectivity index (χ3v) is 2.45. The van der Waals surface area contributed by atoms with Crippen LogP contribution in [0.15, 0.2) is 12.7 Å². The van der Waals surface area contributed by atoms with Crippen LogP contribution in [0.1, 0.15) is 13.3 Å². The van der Waals surface area contributed by atoms with Crippen LogP contribution >= 0.6 is 0 Å². The minimum absolute atomic E-state index is 0.179. The van der Waals surface area contributed by atoms with Gasteiger partial charge in [-0.25, -0.2) is 4.79 Å². The summed E-state index contributed by atoms with van der Waals surface area (Å²) < 4.78 is 10.1. The molecule has 1 N–H and O–H groups in total. The normalized spacial score (nSPS) is 29.8. The van der Waals surface area contributed by atoms with E-state index < -0.39 is 17.7 Å². The van der Waals surface area contributed by atoms with Crippen LogP contribution in [0.3, 0.4) is 0 Å². The van der Waals surface area contributed by atoms with Crippen LogP contribution in [0.25, 0.3) is 0 Å². The van der Waals surface area contributed by atoms with Crippen LogP contribution in [0, 0.1) is 0 Å². The van der Waals surface area contributed by atoms with Crippen LogP contribution in [0.2, 0.25) is 0 Å². The zero-order valence-electron chi connectivity index (χ0n) is 8.69. The number of hydrogen-bond acceptors (Lipinski definition) is 5. The molecule has 5 heteroatoms. The van der Waals surface area contributed by atoms with E-state index in [-0.39, 0.29) is 6.61 Å². The van der Waals surface area contributed by atoms with Gasteiger partial charge in [0.2, 0.25) is 0 Å². The van der Waals surface area contributed by atoms with Crippen molar-refractivity contribution in [1.29, 1.82) is 0 Å². The molecule has 0 spiro atoms. The number of rotatable bonds is 5. The van der Waals surface area contributed by atoms with Crippen LogP contribution in [0.5, 0.6) is 0 Å². The molecule has 5 nitrogen and oxygen atoms in total. The van der Waals surface area contributed by atoms with Gasteiger partial charge in [0.05, 0.1) is 12.1 Å². The molecule has 2 unspecified atom stereocenters. The van der Waals surface area contributed by atoms with E-state index in [4.69, 9.17) is 9.47 Å². The third kappa shape index (κ3) is 2.87. The Hall–Kier alpha value is -1.20. The number of hydrogen-bond donors (Lipinski definition) is 1. The van der Waals surface area contributed by atoms with Crippen molar-refractivity contribution in [2.75, 3.05) is 13.2 Å². The second kappa shape index (κ2) is 5.04. The summed E-state index contributed by atoms with van der Waals surface area (Å²) in [7, 11) is 0. The van der Waals surface area contributed by atoms with Gasteiger partial charge >= 0.3 is 5.97 Å². The molecule has 1 aliphatic heterocycles. The van der Waals surface area contributed by atoms with Crippen LogP contribution < -0.4 is 5.32 Å². The molecule has 1 fully saturated rings. The van der Waals surface area contributed by atoms with E-state index >= 15 is 0 Å². The maximum atomic E-state index is 10.9. The smallest absolute Gasteiger partial charge is 0.330 e. The summed E-state index contributed by atoms with van der Waals surface area (Å²) in [5, 5.41) is 2.98. The lowest BCUT2D eigenvalue weighted by atomic mass is 9.99. The first kappa shape index (κ1) is 11.9. The van der Waals surface area contributed by atoms with Gasteiger partial charge in [0.1, 0.15) is 6.61 Å². The lowest BCUT2D eigenvalue weighted by Crippen LogP contribution is -2.49. The van der Waals surface area contributed by atoms with E-state index in [1.807, 2.05) is 6.92 Å². The monoisotopic (exact) mass is 213 g/mol. The van der Waals surface area contributed by atoms with Crippen LogP contribution in [-0.4, -0.2) is 37.2 Å². The maximum absolute atomic E-state index is 10.9. The van der Waals surface area contributed by atoms with Crippen molar-refractivity contribution in [3.05, 3.63) is 12.7 Å². The Bertz CT molecular complexity index is 266. The average molecular weight is 213 g/mol. The molecule has 0 amide bonds. The molecule has 0 aromatic carbocycles. The Morgan fingerprint density at radius 2 is 2.53 bits per heavy atom. The summed E-state index contributed by atoms with van der Waals surface area (Å²) >= 11 is 0. The number of ether oxygens (including phenoxy) is 2. The molecule has 1 saturated heterocycles. The first-order valence-electron chi connectivity index (χ1n) is 4.79. The van der Waals surface area contributed by atoms with Gasteiger partial charge in [0.15, 0.2) is 12.5 Å². The molecule has 15 heavy (non-hydrogen) atoms. The summed E-state index contributed by atoms with van der Waals surface area (Å²) in [5.41, 5.74) is -0.454. The summed E-state index contributed by atoms with van der Waals surface area (Å²) in [6.45, 7) is 5.78. The summed E-state index contributed by atoms with van der Waals surface area (Å²) in [4.78, 5) is 21.4. The van der Waals surface area contributed by atoms with E-state index in [0.717, 1.165) is 6.08 Å². The van der Waals surface area contributed by atoms with E-state index in [9.17, 15) is 9.59 Å². The topological polar surface area (TPSA) is 64.6 Å². The fraction of sp³-hybridized carbons (Fsp3) is 0.600. The highest BCUT2D eigenvalue weighted by Crippen LogP contribution is 2.19. The Kier molecular flexibility index (Phi) is 3.99. The summed E-state index contributed by atoms with van der Waals surface area (Å²) in [5.74, 6) is -0.473. The second-order valence-electron chi connectivity index (χ2n) is 3.46. The van der Waals surface area contributed by atoms with E-state index in [1.165, 1.54) is 0 Å². The lowest BCUT2D eigenvalue weighted by Gasteiger charge is -2.25. The highest BCUT2D eigenvalue weighted by atomic mass is 16.5. The van der Waals surface area contributed by atoms with Crippen LogP contribution in [0.4, 0.5) is 0 Å². The number of carbonyl (C=O) groups excluding carboxylic acids is 2. The molecule has 1 heterocycles. The molecule has 0 bridgehead atoms. The highest BCUT2D eigenvalue weighted by Gasteiger charge is 2.38. The minimum atomic E-state index is -0.604. The van der Waals surface area contributed by atoms with Crippen molar-refractivity contribution >= 4 is 12.3 Å². The molecule has 84 valence electrons. The lowest BCUT2D eigenvalue weighted by molar-refractivity contribution is -0.139. The van der Waals surface area contributed by atoms with Gasteiger partial charge in [-0.15, -0.1) is 0 Å². The summed E-state index contributed by atoms with van der Waals surface area (Å²) in [6.07, 6.45) is 1.90. The first-order chi connectivity index (χ1) is 7.15. The Labute approximate surface area is 88.4 Å². The third-order valence-electron chi connectivity index (χ3n) is 2.45. The fourth-order valence-electron chi connectivity index (χ4n) is 1.37. The van der Waals surface area contributed by atoms with Gasteiger partial charge in [0, 0.05) is 6.08 Å². The maximum Gasteiger partial charge on any atom is 0.330 e. The predicted octanol–water partition coefficient (Wildman–Crippen LogP) is 0.00920.